The molecule has 6 atom stereocenters. The molecule has 21 heteroatoms. The summed E-state index contributed by atoms with van der Waals surface area (Å²) in [6, 6.07) is 0.846. The quantitative estimate of drug-likeness (QED) is 0.172. The molecule has 0 bridgehead atoms. The third-order valence-corrected chi connectivity index (χ3v) is 7.61. The highest BCUT2D eigenvalue weighted by Crippen LogP contribution is 2.66. The van der Waals surface area contributed by atoms with E-state index in [1.807, 2.05) is 4.98 Å². The second-order valence-electron chi connectivity index (χ2n) is 6.05. The Balaban J connectivity index is 2.21. The molecule has 1 saturated heterocycles. The van der Waals surface area contributed by atoms with Crippen LogP contribution in [0, 0.1) is 0 Å². The van der Waals surface area contributed by atoms with Crippen LogP contribution in [0.2, 0.25) is 0 Å². The van der Waals surface area contributed by atoms with Crippen LogP contribution in [0.25, 0.3) is 0 Å². The summed E-state index contributed by atoms with van der Waals surface area (Å²) in [6.45, 7) is -2.04. The Labute approximate surface area is 170 Å². The SMILES string of the molecule is NC[C@]1(COP(=O)(O)OP(=O)(O)OP(=O)(O)O)O[C@@H](n2ccc(=O)[nH]c2=O)[C@H](F)[C@@H]1O. The number of hydrogen-bond acceptors (Lipinski definition) is 11. The molecule has 17 nitrogen and oxygen atoms in total. The van der Waals surface area contributed by atoms with Gasteiger partial charge in [-0.15, -0.1) is 0 Å². The topological polar surface area (TPSA) is 270 Å². The summed E-state index contributed by atoms with van der Waals surface area (Å²) >= 11 is 0. The zero-order valence-electron chi connectivity index (χ0n) is 15.0. The molecule has 1 aliphatic rings. The van der Waals surface area contributed by atoms with E-state index in [1.54, 1.807) is 0 Å². The number of nitrogens with zero attached hydrogens (tertiary/aromatic N) is 1. The molecule has 8 N–H and O–H groups in total. The maximum absolute atomic E-state index is 14.6. The van der Waals surface area contributed by atoms with Crippen molar-refractivity contribution in [2.24, 2.45) is 5.73 Å². The van der Waals surface area contributed by atoms with Gasteiger partial charge in [0.2, 0.25) is 0 Å². The minimum atomic E-state index is -5.82. The lowest BCUT2D eigenvalue weighted by molar-refractivity contribution is -0.120. The van der Waals surface area contributed by atoms with Crippen molar-refractivity contribution < 1.29 is 60.6 Å². The van der Waals surface area contributed by atoms with Crippen LogP contribution < -0.4 is 17.0 Å². The van der Waals surface area contributed by atoms with Gasteiger partial charge in [-0.1, -0.05) is 0 Å². The highest BCUT2D eigenvalue weighted by molar-refractivity contribution is 7.66. The van der Waals surface area contributed by atoms with E-state index >= 15 is 0 Å². The van der Waals surface area contributed by atoms with Crippen molar-refractivity contribution in [2.45, 2.75) is 24.1 Å². The van der Waals surface area contributed by atoms with Crippen molar-refractivity contribution in [1.29, 1.82) is 0 Å². The fraction of sp³-hybridized carbons (Fsp3) is 0.600. The van der Waals surface area contributed by atoms with E-state index < -0.39 is 72.0 Å². The third-order valence-electron chi connectivity index (χ3n) is 3.83. The fourth-order valence-electron chi connectivity index (χ4n) is 2.50. The number of nitrogens with two attached hydrogens (primary N) is 1. The van der Waals surface area contributed by atoms with E-state index in [0.29, 0.717) is 4.57 Å². The molecule has 1 aromatic rings. The summed E-state index contributed by atoms with van der Waals surface area (Å²) in [6.07, 6.45) is -5.56. The van der Waals surface area contributed by atoms with E-state index in [9.17, 15) is 37.7 Å². The molecule has 0 aliphatic carbocycles. The molecule has 31 heavy (non-hydrogen) atoms. The molecule has 0 spiro atoms. The first kappa shape index (κ1) is 26.2. The van der Waals surface area contributed by atoms with Crippen molar-refractivity contribution >= 4 is 23.5 Å². The van der Waals surface area contributed by atoms with Gasteiger partial charge in [-0.2, -0.15) is 8.62 Å². The van der Waals surface area contributed by atoms with Gasteiger partial charge in [0.1, 0.15) is 11.7 Å². The summed E-state index contributed by atoms with van der Waals surface area (Å²) in [5.74, 6) is 0. The Morgan fingerprint density at radius 3 is 2.32 bits per heavy atom. The van der Waals surface area contributed by atoms with Gasteiger partial charge < -0.3 is 35.2 Å². The first-order valence-electron chi connectivity index (χ1n) is 7.81. The second-order valence-corrected chi connectivity index (χ2v) is 10.5. The van der Waals surface area contributed by atoms with E-state index in [4.69, 9.17) is 25.2 Å². The smallest absolute Gasteiger partial charge is 0.387 e. The molecule has 1 aromatic heterocycles. The van der Waals surface area contributed by atoms with E-state index in [-0.39, 0.29) is 0 Å². The molecule has 178 valence electrons. The molecule has 0 amide bonds. The number of hydrogen-bond donors (Lipinski definition) is 7. The number of aromatic nitrogens is 2. The van der Waals surface area contributed by atoms with Crippen LogP contribution in [0.5, 0.6) is 0 Å². The van der Waals surface area contributed by atoms with Crippen LogP contribution in [0.1, 0.15) is 6.23 Å². The van der Waals surface area contributed by atoms with Gasteiger partial charge in [-0.3, -0.25) is 18.9 Å². The lowest BCUT2D eigenvalue weighted by Gasteiger charge is -2.30. The molecular weight excluding hydrogens is 498 g/mol. The van der Waals surface area contributed by atoms with Gasteiger partial charge in [0.05, 0.1) is 6.61 Å². The molecule has 1 fully saturated rings. The number of aliphatic hydroxyl groups is 1. The normalized spacial score (nSPS) is 30.6. The van der Waals surface area contributed by atoms with Crippen LogP contribution in [-0.2, 0) is 31.6 Å². The van der Waals surface area contributed by atoms with Crippen molar-refractivity contribution in [1.82, 2.24) is 9.55 Å². The van der Waals surface area contributed by atoms with Crippen molar-refractivity contribution in [3.05, 3.63) is 33.1 Å². The standard InChI is InChI=1S/C10H17FN3O14P3/c11-6-7(16)10(3-12,26-8(6)14-2-1-5(15)13-9(14)17)4-25-30(21,22)28-31(23,24)27-29(18,19)20/h1-2,6-8,16H,3-4,12H2,(H,21,22)(H,23,24)(H,13,15,17)(H2,18,19,20)/t6-,7+,8-,10-/m1/s1. The minimum absolute atomic E-state index is 0.553. The van der Waals surface area contributed by atoms with Gasteiger partial charge in [0.15, 0.2) is 12.4 Å². The Morgan fingerprint density at radius 1 is 1.19 bits per heavy atom. The number of aliphatic hydroxyl groups excluding tert-OH is 1. The number of rotatable bonds is 9. The summed E-state index contributed by atoms with van der Waals surface area (Å²) < 4.78 is 65.6. The minimum Gasteiger partial charge on any atom is -0.387 e. The summed E-state index contributed by atoms with van der Waals surface area (Å²) in [4.78, 5) is 60.4. The number of nitrogens with one attached hydrogen (secondary N) is 1. The number of halogens is 1. The molecule has 2 rings (SSSR count). The van der Waals surface area contributed by atoms with Crippen LogP contribution in [0.3, 0.4) is 0 Å². The van der Waals surface area contributed by atoms with Gasteiger partial charge in [-0.05, 0) is 0 Å². The first-order valence-corrected chi connectivity index (χ1v) is 12.3. The monoisotopic (exact) mass is 515 g/mol. The Bertz CT molecular complexity index is 1070. The maximum Gasteiger partial charge on any atom is 0.490 e. The third kappa shape index (κ3) is 6.46. The molecule has 0 saturated carbocycles. The molecule has 2 unspecified atom stereocenters. The zero-order valence-corrected chi connectivity index (χ0v) is 17.6. The summed E-state index contributed by atoms with van der Waals surface area (Å²) in [7, 11) is -17.1. The van der Waals surface area contributed by atoms with Gasteiger partial charge in [-0.25, -0.2) is 22.9 Å². The largest absolute Gasteiger partial charge is 0.490 e. The number of phosphoric ester groups is 1. The average molecular weight is 515 g/mol. The molecular formula is C10H17FN3O14P3. The number of phosphoric acid groups is 3. The fourth-order valence-corrected chi connectivity index (χ4v) is 5.58. The molecule has 0 aromatic carbocycles. The van der Waals surface area contributed by atoms with E-state index in [1.165, 1.54) is 0 Å². The number of H-pyrrole nitrogens is 1. The maximum atomic E-state index is 14.6. The molecule has 2 heterocycles. The predicted octanol–water partition coefficient (Wildman–Crippen LogP) is -2.19. The number of aromatic amines is 1. The lowest BCUT2D eigenvalue weighted by atomic mass is 9.97. The average Bonchev–Trinajstić information content (AvgIpc) is 2.82. The Hall–Kier alpha value is -1.10. The number of ether oxygens (including phenoxy) is 1. The van der Waals surface area contributed by atoms with E-state index in [0.717, 1.165) is 12.3 Å². The van der Waals surface area contributed by atoms with Crippen molar-refractivity contribution in [3.8, 4) is 0 Å². The molecule has 1 aliphatic heterocycles. The highest BCUT2D eigenvalue weighted by atomic mass is 31.3. The molecule has 0 radical (unpaired) electrons. The first-order chi connectivity index (χ1) is 14.0. The van der Waals surface area contributed by atoms with Gasteiger partial charge in [0, 0.05) is 18.8 Å². The van der Waals surface area contributed by atoms with Crippen LogP contribution >= 0.6 is 23.5 Å². The Morgan fingerprint density at radius 2 is 1.81 bits per heavy atom. The van der Waals surface area contributed by atoms with E-state index in [2.05, 4.69) is 13.1 Å². The number of alkyl halides is 1. The van der Waals surface area contributed by atoms with Crippen molar-refractivity contribution in [2.75, 3.05) is 13.2 Å². The second kappa shape index (κ2) is 9.03. The van der Waals surface area contributed by atoms with Crippen LogP contribution in [-0.4, -0.2) is 65.3 Å². The van der Waals surface area contributed by atoms with Crippen LogP contribution in [0.4, 0.5) is 4.39 Å². The highest BCUT2D eigenvalue weighted by Gasteiger charge is 2.57. The predicted molar refractivity (Wildman–Crippen MR) is 93.9 cm³/mol. The lowest BCUT2D eigenvalue weighted by Crippen LogP contribution is -2.51. The summed E-state index contributed by atoms with van der Waals surface area (Å²) in [5, 5.41) is 10.2. The van der Waals surface area contributed by atoms with Crippen LogP contribution in [0.15, 0.2) is 21.9 Å². The van der Waals surface area contributed by atoms with Gasteiger partial charge >= 0.3 is 29.2 Å². The summed E-state index contributed by atoms with van der Waals surface area (Å²) in [5.41, 5.74) is 1.21. The zero-order chi connectivity index (χ0) is 23.8. The van der Waals surface area contributed by atoms with Gasteiger partial charge in [0.25, 0.3) is 5.56 Å². The van der Waals surface area contributed by atoms with Crippen molar-refractivity contribution in [3.63, 3.8) is 0 Å². The Kier molecular flexibility index (Phi) is 7.62.